The van der Waals surface area contributed by atoms with Crippen molar-refractivity contribution in [3.63, 3.8) is 0 Å². The van der Waals surface area contributed by atoms with Crippen molar-refractivity contribution >= 4 is 11.3 Å². The minimum absolute atomic E-state index is 0.0563. The molecule has 3 heterocycles. The van der Waals surface area contributed by atoms with E-state index in [4.69, 9.17) is 0 Å². The number of hydrogen-bond acceptors (Lipinski definition) is 4. The van der Waals surface area contributed by atoms with Gasteiger partial charge in [-0.15, -0.1) is 11.3 Å². The predicted molar refractivity (Wildman–Crippen MR) is 77.6 cm³/mol. The summed E-state index contributed by atoms with van der Waals surface area (Å²) in [6.07, 6.45) is -5.50. The number of nitrogens with zero attached hydrogens (tertiary/aromatic N) is 4. The quantitative estimate of drug-likeness (QED) is 0.623. The van der Waals surface area contributed by atoms with Gasteiger partial charge in [0, 0.05) is 24.2 Å². The molecule has 0 fully saturated rings. The zero-order chi connectivity index (χ0) is 18.2. The van der Waals surface area contributed by atoms with Gasteiger partial charge in [0.25, 0.3) is 0 Å². The van der Waals surface area contributed by atoms with Crippen molar-refractivity contribution in [1.82, 2.24) is 19.7 Å². The van der Waals surface area contributed by atoms with Crippen LogP contribution in [0.2, 0.25) is 0 Å². The summed E-state index contributed by atoms with van der Waals surface area (Å²) in [5, 5.41) is 3.65. The van der Waals surface area contributed by atoms with Gasteiger partial charge in [0.05, 0.1) is 4.88 Å². The van der Waals surface area contributed by atoms with E-state index < -0.39 is 24.6 Å². The number of aromatic nitrogens is 4. The number of hydrogen-bond donors (Lipinski definition) is 0. The van der Waals surface area contributed by atoms with E-state index in [2.05, 4.69) is 15.1 Å². The van der Waals surface area contributed by atoms with Gasteiger partial charge in [-0.25, -0.2) is 4.98 Å². The van der Waals surface area contributed by atoms with Gasteiger partial charge in [0.2, 0.25) is 0 Å². The van der Waals surface area contributed by atoms with Gasteiger partial charge in [-0.1, -0.05) is 0 Å². The van der Waals surface area contributed by atoms with Crippen LogP contribution in [-0.4, -0.2) is 25.9 Å². The highest BCUT2D eigenvalue weighted by atomic mass is 32.1. The van der Waals surface area contributed by atoms with Crippen LogP contribution in [0.4, 0.5) is 26.3 Å². The maximum atomic E-state index is 13.3. The zero-order valence-corrected chi connectivity index (χ0v) is 13.0. The molecule has 0 aliphatic rings. The van der Waals surface area contributed by atoms with E-state index in [1.165, 1.54) is 18.5 Å². The second-order valence-electron chi connectivity index (χ2n) is 4.95. The lowest BCUT2D eigenvalue weighted by atomic mass is 10.2. The Bertz CT molecular complexity index is 866. The van der Waals surface area contributed by atoms with Crippen molar-refractivity contribution in [2.75, 3.05) is 0 Å². The maximum absolute atomic E-state index is 13.3. The highest BCUT2D eigenvalue weighted by Crippen LogP contribution is 2.42. The highest BCUT2D eigenvalue weighted by molar-refractivity contribution is 7.18. The second kappa shape index (κ2) is 6.14. The highest BCUT2D eigenvalue weighted by Gasteiger charge is 2.39. The van der Waals surface area contributed by atoms with Crippen molar-refractivity contribution in [2.24, 2.45) is 0 Å². The molecule has 0 aromatic carbocycles. The Hall–Kier alpha value is -2.43. The van der Waals surface area contributed by atoms with Gasteiger partial charge in [-0.2, -0.15) is 31.4 Å². The third kappa shape index (κ3) is 3.98. The second-order valence-corrected chi connectivity index (χ2v) is 5.95. The first-order valence-electron chi connectivity index (χ1n) is 6.72. The standard InChI is InChI=1S/C14H8F6N4S/c15-13(16,17)7-24-5-3-9(23-24)10-11(14(18,19)20)22-12(25-10)8-2-1-4-21-6-8/h1-6H,7H2. The molecule has 3 aromatic rings. The number of pyridine rings is 1. The molecule has 0 aliphatic carbocycles. The summed E-state index contributed by atoms with van der Waals surface area (Å²) in [6.45, 7) is -1.39. The molecule has 4 nitrogen and oxygen atoms in total. The molecule has 0 bridgehead atoms. The lowest BCUT2D eigenvalue weighted by molar-refractivity contribution is -0.143. The van der Waals surface area contributed by atoms with Crippen molar-refractivity contribution in [1.29, 1.82) is 0 Å². The maximum Gasteiger partial charge on any atom is 0.434 e. The summed E-state index contributed by atoms with van der Waals surface area (Å²) in [6, 6.07) is 4.18. The summed E-state index contributed by atoms with van der Waals surface area (Å²) in [7, 11) is 0. The lowest BCUT2D eigenvalue weighted by Gasteiger charge is -2.06. The van der Waals surface area contributed by atoms with Crippen molar-refractivity contribution in [3.8, 4) is 21.1 Å². The van der Waals surface area contributed by atoms with E-state index >= 15 is 0 Å². The van der Waals surface area contributed by atoms with Gasteiger partial charge in [-0.05, 0) is 18.2 Å². The third-order valence-corrected chi connectivity index (χ3v) is 4.15. The molecule has 3 rings (SSSR count). The predicted octanol–water partition coefficient (Wildman–Crippen LogP) is 4.65. The minimum Gasteiger partial charge on any atom is -0.264 e. The summed E-state index contributed by atoms with van der Waals surface area (Å²) in [4.78, 5) is 7.07. The van der Waals surface area contributed by atoms with Crippen molar-refractivity contribution in [3.05, 3.63) is 42.5 Å². The Labute approximate surface area is 140 Å². The molecule has 0 spiro atoms. The molecule has 0 radical (unpaired) electrons. The van der Waals surface area contributed by atoms with Crippen molar-refractivity contribution < 1.29 is 26.3 Å². The molecular weight excluding hydrogens is 370 g/mol. The Balaban J connectivity index is 2.05. The number of rotatable bonds is 3. The fraction of sp³-hybridized carbons (Fsp3) is 0.214. The lowest BCUT2D eigenvalue weighted by Crippen LogP contribution is -2.18. The van der Waals surface area contributed by atoms with Crippen LogP contribution in [0.5, 0.6) is 0 Å². The van der Waals surface area contributed by atoms with Crippen LogP contribution >= 0.6 is 11.3 Å². The SMILES string of the molecule is FC(F)(F)Cn1ccc(-c2sc(-c3cccnc3)nc2C(F)(F)F)n1. The Morgan fingerprint density at radius 1 is 1.08 bits per heavy atom. The minimum atomic E-state index is -4.76. The van der Waals surface area contributed by atoms with Gasteiger partial charge >= 0.3 is 12.4 Å². The van der Waals surface area contributed by atoms with Crippen LogP contribution < -0.4 is 0 Å². The molecule has 132 valence electrons. The Morgan fingerprint density at radius 3 is 2.44 bits per heavy atom. The fourth-order valence-corrected chi connectivity index (χ4v) is 3.09. The van der Waals surface area contributed by atoms with Gasteiger partial charge in [0.1, 0.15) is 17.2 Å². The molecule has 0 unspecified atom stereocenters. The molecule has 11 heteroatoms. The van der Waals surface area contributed by atoms with Gasteiger partial charge < -0.3 is 0 Å². The Kier molecular flexibility index (Phi) is 4.27. The molecule has 0 amide bonds. The van der Waals surface area contributed by atoms with E-state index in [1.807, 2.05) is 0 Å². The summed E-state index contributed by atoms with van der Waals surface area (Å²) >= 11 is 0.696. The molecule has 25 heavy (non-hydrogen) atoms. The van der Waals surface area contributed by atoms with E-state index in [1.54, 1.807) is 6.07 Å². The average molecular weight is 378 g/mol. The first-order chi connectivity index (χ1) is 11.6. The largest absolute Gasteiger partial charge is 0.434 e. The normalized spacial score (nSPS) is 12.6. The van der Waals surface area contributed by atoms with Crippen molar-refractivity contribution in [2.45, 2.75) is 18.9 Å². The summed E-state index contributed by atoms with van der Waals surface area (Å²) in [5.74, 6) is 0. The molecule has 0 saturated heterocycles. The monoisotopic (exact) mass is 378 g/mol. The van der Waals surface area contributed by atoms with E-state index in [0.717, 1.165) is 12.3 Å². The van der Waals surface area contributed by atoms with E-state index in [-0.39, 0.29) is 15.6 Å². The first kappa shape index (κ1) is 17.4. The molecule has 0 aliphatic heterocycles. The molecule has 0 atom stereocenters. The van der Waals surface area contributed by atoms with E-state index in [0.29, 0.717) is 21.6 Å². The van der Waals surface area contributed by atoms with Crippen LogP contribution in [-0.2, 0) is 12.7 Å². The molecule has 0 saturated carbocycles. The number of alkyl halides is 6. The smallest absolute Gasteiger partial charge is 0.264 e. The van der Waals surface area contributed by atoms with Gasteiger partial charge in [0.15, 0.2) is 5.69 Å². The Morgan fingerprint density at radius 2 is 1.84 bits per heavy atom. The first-order valence-corrected chi connectivity index (χ1v) is 7.54. The van der Waals surface area contributed by atoms with Crippen LogP contribution in [0.25, 0.3) is 21.1 Å². The van der Waals surface area contributed by atoms with E-state index in [9.17, 15) is 26.3 Å². The summed E-state index contributed by atoms with van der Waals surface area (Å²) in [5.41, 5.74) is -1.03. The van der Waals surface area contributed by atoms with Crippen LogP contribution in [0.1, 0.15) is 5.69 Å². The summed E-state index contributed by atoms with van der Waals surface area (Å²) < 4.78 is 77.5. The topological polar surface area (TPSA) is 43.6 Å². The van der Waals surface area contributed by atoms with Gasteiger partial charge in [-0.3, -0.25) is 9.67 Å². The number of halogens is 6. The molecule has 3 aromatic heterocycles. The number of thiazole rings is 1. The average Bonchev–Trinajstić information content (AvgIpc) is 3.12. The molecule has 0 N–H and O–H groups in total. The zero-order valence-electron chi connectivity index (χ0n) is 12.1. The fourth-order valence-electron chi connectivity index (χ4n) is 2.05. The molecular formula is C14H8F6N4S. The van der Waals surface area contributed by atoms with Crippen LogP contribution in [0.15, 0.2) is 36.8 Å². The van der Waals surface area contributed by atoms with Crippen LogP contribution in [0.3, 0.4) is 0 Å². The van der Waals surface area contributed by atoms with Crippen LogP contribution in [0, 0.1) is 0 Å². The third-order valence-electron chi connectivity index (χ3n) is 3.02.